The number of para-hydroxylation sites is 1. The molecule has 0 saturated heterocycles. The highest BCUT2D eigenvalue weighted by atomic mass is 16.5. The number of rotatable bonds is 1. The van der Waals surface area contributed by atoms with E-state index in [2.05, 4.69) is 32.0 Å². The minimum atomic E-state index is -0.164. The maximum absolute atomic E-state index is 6.44. The van der Waals surface area contributed by atoms with Gasteiger partial charge in [0.15, 0.2) is 0 Å². The van der Waals surface area contributed by atoms with Gasteiger partial charge >= 0.3 is 0 Å². The molecule has 0 spiro atoms. The van der Waals surface area contributed by atoms with Crippen LogP contribution in [0.1, 0.15) is 31.4 Å². The highest BCUT2D eigenvalue weighted by Gasteiger charge is 2.60. The van der Waals surface area contributed by atoms with Gasteiger partial charge in [-0.25, -0.2) is 0 Å². The third-order valence-electron chi connectivity index (χ3n) is 4.00. The van der Waals surface area contributed by atoms with Crippen LogP contribution in [0.2, 0.25) is 0 Å². The van der Waals surface area contributed by atoms with Gasteiger partial charge in [-0.2, -0.15) is 0 Å². The van der Waals surface area contributed by atoms with E-state index in [0.717, 1.165) is 25.2 Å². The van der Waals surface area contributed by atoms with Crippen LogP contribution in [0, 0.1) is 5.41 Å². The summed E-state index contributed by atoms with van der Waals surface area (Å²) in [5, 5.41) is 0. The molecule has 80 valence electrons. The number of fused-ring (bicyclic) bond motifs is 1. The molecule has 1 aromatic carbocycles. The summed E-state index contributed by atoms with van der Waals surface area (Å²) in [6.07, 6.45) is 2.08. The van der Waals surface area contributed by atoms with Crippen molar-refractivity contribution in [1.82, 2.24) is 0 Å². The van der Waals surface area contributed by atoms with Crippen molar-refractivity contribution in [1.29, 1.82) is 0 Å². The fourth-order valence-electron chi connectivity index (χ4n) is 2.68. The highest BCUT2D eigenvalue weighted by molar-refractivity contribution is 5.51. The van der Waals surface area contributed by atoms with E-state index < -0.39 is 0 Å². The quantitative estimate of drug-likeness (QED) is 0.759. The van der Waals surface area contributed by atoms with Gasteiger partial charge in [-0.3, -0.25) is 0 Å². The van der Waals surface area contributed by atoms with Crippen molar-refractivity contribution >= 4 is 0 Å². The summed E-state index contributed by atoms with van der Waals surface area (Å²) in [4.78, 5) is 0. The Hall–Kier alpha value is -1.02. The van der Waals surface area contributed by atoms with Gasteiger partial charge in [0.25, 0.3) is 0 Å². The smallest absolute Gasteiger partial charge is 0.127 e. The van der Waals surface area contributed by atoms with Crippen LogP contribution in [0.3, 0.4) is 0 Å². The van der Waals surface area contributed by atoms with Gasteiger partial charge in [0.2, 0.25) is 0 Å². The second-order valence-corrected chi connectivity index (χ2v) is 5.42. The zero-order valence-corrected chi connectivity index (χ0v) is 9.34. The van der Waals surface area contributed by atoms with Crippen LogP contribution < -0.4 is 10.5 Å². The molecule has 1 heterocycles. The van der Waals surface area contributed by atoms with Crippen LogP contribution in [0.4, 0.5) is 0 Å². The molecule has 0 radical (unpaired) electrons. The van der Waals surface area contributed by atoms with E-state index >= 15 is 0 Å². The predicted octanol–water partition coefficient (Wildman–Crippen LogP) is 2.21. The van der Waals surface area contributed by atoms with Crippen LogP contribution in [0.5, 0.6) is 5.75 Å². The van der Waals surface area contributed by atoms with Gasteiger partial charge in [-0.15, -0.1) is 0 Å². The van der Waals surface area contributed by atoms with E-state index in [-0.39, 0.29) is 11.0 Å². The Morgan fingerprint density at radius 2 is 2.07 bits per heavy atom. The zero-order valence-electron chi connectivity index (χ0n) is 9.34. The lowest BCUT2D eigenvalue weighted by atomic mass is 9.94. The second kappa shape index (κ2) is 2.56. The molecule has 1 saturated carbocycles. The van der Waals surface area contributed by atoms with Crippen LogP contribution in [0.15, 0.2) is 18.2 Å². The summed E-state index contributed by atoms with van der Waals surface area (Å²) in [6.45, 7) is 5.26. The molecule has 1 atom stereocenters. The highest BCUT2D eigenvalue weighted by Crippen LogP contribution is 2.62. The Morgan fingerprint density at radius 3 is 2.73 bits per heavy atom. The van der Waals surface area contributed by atoms with Gasteiger partial charge in [-0.1, -0.05) is 32.0 Å². The first-order chi connectivity index (χ1) is 7.05. The molecule has 2 aliphatic rings. The Balaban J connectivity index is 2.11. The summed E-state index contributed by atoms with van der Waals surface area (Å²) in [6, 6.07) is 6.37. The molecular weight excluding hydrogens is 186 g/mol. The van der Waals surface area contributed by atoms with E-state index in [9.17, 15) is 0 Å². The molecule has 1 aromatic rings. The number of hydrogen-bond donors (Lipinski definition) is 1. The molecule has 0 aromatic heterocycles. The first kappa shape index (κ1) is 9.22. The van der Waals surface area contributed by atoms with Gasteiger partial charge in [0, 0.05) is 12.0 Å². The topological polar surface area (TPSA) is 35.2 Å². The lowest BCUT2D eigenvalue weighted by Crippen LogP contribution is -2.26. The van der Waals surface area contributed by atoms with Gasteiger partial charge in [0.1, 0.15) is 5.75 Å². The Labute approximate surface area is 90.4 Å². The van der Waals surface area contributed by atoms with E-state index in [0.29, 0.717) is 0 Å². The van der Waals surface area contributed by atoms with Gasteiger partial charge < -0.3 is 10.5 Å². The Morgan fingerprint density at radius 1 is 1.33 bits per heavy atom. The van der Waals surface area contributed by atoms with Crippen LogP contribution in [-0.2, 0) is 12.0 Å². The summed E-state index contributed by atoms with van der Waals surface area (Å²) in [5.41, 5.74) is 9.02. The van der Waals surface area contributed by atoms with Crippen molar-refractivity contribution in [2.45, 2.75) is 32.2 Å². The number of hydrogen-bond acceptors (Lipinski definition) is 2. The summed E-state index contributed by atoms with van der Waals surface area (Å²) >= 11 is 0. The summed E-state index contributed by atoms with van der Waals surface area (Å²) < 4.78 is 5.71. The van der Waals surface area contributed by atoms with E-state index in [1.165, 1.54) is 11.1 Å². The molecule has 15 heavy (non-hydrogen) atoms. The van der Waals surface area contributed by atoms with Gasteiger partial charge in [0.05, 0.1) is 12.1 Å². The van der Waals surface area contributed by atoms with E-state index in [1.54, 1.807) is 0 Å². The average Bonchev–Trinajstić information content (AvgIpc) is 2.61. The molecule has 1 aliphatic carbocycles. The Bertz CT molecular complexity index is 425. The summed E-state index contributed by atoms with van der Waals surface area (Å²) in [5.74, 6) is 1.06. The Kier molecular flexibility index (Phi) is 1.57. The molecular formula is C13H17NO. The molecule has 2 heteroatoms. The fraction of sp³-hybridized carbons (Fsp3) is 0.538. The molecule has 1 aliphatic heterocycles. The van der Waals surface area contributed by atoms with Crippen molar-refractivity contribution in [3.63, 3.8) is 0 Å². The van der Waals surface area contributed by atoms with E-state index in [1.807, 2.05) is 0 Å². The van der Waals surface area contributed by atoms with Crippen LogP contribution >= 0.6 is 0 Å². The average molecular weight is 203 g/mol. The third kappa shape index (κ3) is 1.08. The molecule has 3 rings (SSSR count). The maximum atomic E-state index is 6.44. The lowest BCUT2D eigenvalue weighted by molar-refractivity contribution is 0.346. The zero-order chi connectivity index (χ0) is 10.7. The minimum absolute atomic E-state index is 0.164. The van der Waals surface area contributed by atoms with Crippen molar-refractivity contribution in [3.8, 4) is 5.75 Å². The fourth-order valence-corrected chi connectivity index (χ4v) is 2.68. The van der Waals surface area contributed by atoms with E-state index in [4.69, 9.17) is 10.5 Å². The van der Waals surface area contributed by atoms with Crippen LogP contribution in [0.25, 0.3) is 0 Å². The first-order valence-electron chi connectivity index (χ1n) is 5.59. The largest absolute Gasteiger partial charge is 0.493 e. The van der Waals surface area contributed by atoms with Crippen LogP contribution in [-0.4, -0.2) is 6.61 Å². The number of ether oxygens (including phenoxy) is 1. The normalized spacial score (nSPS) is 30.9. The third-order valence-corrected chi connectivity index (χ3v) is 4.00. The van der Waals surface area contributed by atoms with Crippen molar-refractivity contribution in [3.05, 3.63) is 29.3 Å². The number of benzene rings is 1. The molecule has 0 amide bonds. The number of nitrogens with two attached hydrogens (primary N) is 1. The van der Waals surface area contributed by atoms with Crippen molar-refractivity contribution in [2.75, 3.05) is 6.61 Å². The first-order valence-corrected chi connectivity index (χ1v) is 5.59. The maximum Gasteiger partial charge on any atom is 0.127 e. The molecule has 2 nitrogen and oxygen atoms in total. The molecule has 1 fully saturated rings. The lowest BCUT2D eigenvalue weighted by Gasteiger charge is -2.18. The monoisotopic (exact) mass is 203 g/mol. The molecule has 2 N–H and O–H groups in total. The minimum Gasteiger partial charge on any atom is -0.493 e. The molecule has 0 bridgehead atoms. The van der Waals surface area contributed by atoms with Gasteiger partial charge in [-0.05, 0) is 17.4 Å². The predicted molar refractivity (Wildman–Crippen MR) is 59.9 cm³/mol. The standard InChI is InChI=1S/C13H17NO/c1-12(2)8-13(12,14)10-5-3-4-9-6-7-15-11(9)10/h3-5H,6-8,14H2,1-2H3. The van der Waals surface area contributed by atoms with Crippen molar-refractivity contribution < 1.29 is 4.74 Å². The summed E-state index contributed by atoms with van der Waals surface area (Å²) in [7, 11) is 0. The van der Waals surface area contributed by atoms with Crippen molar-refractivity contribution in [2.24, 2.45) is 11.1 Å². The SMILES string of the molecule is CC1(C)CC1(N)c1cccc2c1OCC2. The second-order valence-electron chi connectivity index (χ2n) is 5.42. The molecule has 1 unspecified atom stereocenters.